The highest BCUT2D eigenvalue weighted by Crippen LogP contribution is 2.26. The number of rotatable bonds is 3. The molecule has 1 saturated carbocycles. The standard InChI is InChI=1S/C14H22N2O3/c1-11(2)13(16-6-8-18-9-7-16)15-14(17)19-10-12-4-3-5-12/h12H,1,3-10H2,2H3/b15-13-. The van der Waals surface area contributed by atoms with Crippen LogP contribution in [0, 0.1) is 5.92 Å². The highest BCUT2D eigenvalue weighted by molar-refractivity contribution is 6.02. The van der Waals surface area contributed by atoms with Crippen LogP contribution in [-0.2, 0) is 9.47 Å². The van der Waals surface area contributed by atoms with Crippen LogP contribution in [0.2, 0.25) is 0 Å². The minimum Gasteiger partial charge on any atom is -0.448 e. The highest BCUT2D eigenvalue weighted by Gasteiger charge is 2.20. The van der Waals surface area contributed by atoms with E-state index in [2.05, 4.69) is 11.6 Å². The summed E-state index contributed by atoms with van der Waals surface area (Å²) in [5.74, 6) is 1.16. The van der Waals surface area contributed by atoms with Gasteiger partial charge < -0.3 is 14.4 Å². The van der Waals surface area contributed by atoms with Crippen LogP contribution in [-0.4, -0.2) is 49.7 Å². The van der Waals surface area contributed by atoms with E-state index in [9.17, 15) is 4.79 Å². The summed E-state index contributed by atoms with van der Waals surface area (Å²) >= 11 is 0. The number of hydrogen-bond donors (Lipinski definition) is 0. The van der Waals surface area contributed by atoms with Crippen LogP contribution in [0.3, 0.4) is 0 Å². The molecule has 0 aromatic carbocycles. The minimum atomic E-state index is -0.503. The Balaban J connectivity index is 1.90. The van der Waals surface area contributed by atoms with Crippen molar-refractivity contribution in [3.8, 4) is 0 Å². The summed E-state index contributed by atoms with van der Waals surface area (Å²) in [6.45, 7) is 9.02. The lowest BCUT2D eigenvalue weighted by Crippen LogP contribution is -2.41. The molecule has 0 aromatic rings. The smallest absolute Gasteiger partial charge is 0.435 e. The Morgan fingerprint density at radius 1 is 1.42 bits per heavy atom. The third kappa shape index (κ3) is 4.06. The summed E-state index contributed by atoms with van der Waals surface area (Å²) in [4.78, 5) is 17.8. The van der Waals surface area contributed by atoms with Gasteiger partial charge in [0, 0.05) is 13.1 Å². The van der Waals surface area contributed by atoms with E-state index in [0.29, 0.717) is 31.6 Å². The van der Waals surface area contributed by atoms with E-state index in [1.54, 1.807) is 0 Å². The molecule has 1 aliphatic heterocycles. The third-order valence-electron chi connectivity index (χ3n) is 3.56. The lowest BCUT2D eigenvalue weighted by Gasteiger charge is -2.30. The van der Waals surface area contributed by atoms with Gasteiger partial charge in [0.1, 0.15) is 5.84 Å². The predicted molar refractivity (Wildman–Crippen MR) is 73.3 cm³/mol. The second-order valence-corrected chi connectivity index (χ2v) is 5.19. The maximum atomic E-state index is 11.7. The molecule has 1 amide bonds. The zero-order chi connectivity index (χ0) is 13.7. The van der Waals surface area contributed by atoms with Gasteiger partial charge in [-0.15, -0.1) is 0 Å². The molecule has 1 aliphatic carbocycles. The molecule has 19 heavy (non-hydrogen) atoms. The summed E-state index contributed by atoms with van der Waals surface area (Å²) in [5.41, 5.74) is 0.780. The molecule has 2 rings (SSSR count). The Morgan fingerprint density at radius 2 is 2.11 bits per heavy atom. The van der Waals surface area contributed by atoms with Gasteiger partial charge in [0.25, 0.3) is 0 Å². The zero-order valence-corrected chi connectivity index (χ0v) is 11.6. The molecule has 106 valence electrons. The fourth-order valence-corrected chi connectivity index (χ4v) is 2.18. The van der Waals surface area contributed by atoms with Crippen molar-refractivity contribution in [1.82, 2.24) is 4.90 Å². The fraction of sp³-hybridized carbons (Fsp3) is 0.714. The molecule has 0 N–H and O–H groups in total. The van der Waals surface area contributed by atoms with E-state index in [-0.39, 0.29) is 0 Å². The van der Waals surface area contributed by atoms with Crippen molar-refractivity contribution in [2.45, 2.75) is 26.2 Å². The molecular formula is C14H22N2O3. The van der Waals surface area contributed by atoms with Crippen LogP contribution in [0.4, 0.5) is 4.79 Å². The Hall–Kier alpha value is -1.36. The van der Waals surface area contributed by atoms with Gasteiger partial charge in [-0.3, -0.25) is 0 Å². The Bertz CT molecular complexity index is 369. The lowest BCUT2D eigenvalue weighted by atomic mass is 9.86. The number of amides is 1. The molecule has 0 aromatic heterocycles. The molecule has 0 spiro atoms. The minimum absolute atomic E-state index is 0.495. The Labute approximate surface area is 114 Å². The highest BCUT2D eigenvalue weighted by atomic mass is 16.5. The quantitative estimate of drug-likeness (QED) is 0.580. The van der Waals surface area contributed by atoms with Gasteiger partial charge in [-0.25, -0.2) is 4.79 Å². The first-order chi connectivity index (χ1) is 9.16. The van der Waals surface area contributed by atoms with Gasteiger partial charge >= 0.3 is 6.09 Å². The number of ether oxygens (including phenoxy) is 2. The van der Waals surface area contributed by atoms with Crippen LogP contribution in [0.5, 0.6) is 0 Å². The summed E-state index contributed by atoms with van der Waals surface area (Å²) in [6.07, 6.45) is 3.06. The van der Waals surface area contributed by atoms with Crippen molar-refractivity contribution in [3.63, 3.8) is 0 Å². The maximum absolute atomic E-state index is 11.7. The number of amidine groups is 1. The van der Waals surface area contributed by atoms with E-state index >= 15 is 0 Å². The Morgan fingerprint density at radius 3 is 2.63 bits per heavy atom. The van der Waals surface area contributed by atoms with Crippen LogP contribution >= 0.6 is 0 Å². The number of nitrogens with zero attached hydrogens (tertiary/aromatic N) is 2. The number of carbonyl (C=O) groups excluding carboxylic acids is 1. The number of carbonyl (C=O) groups is 1. The predicted octanol–water partition coefficient (Wildman–Crippen LogP) is 2.23. The molecule has 1 heterocycles. The van der Waals surface area contributed by atoms with Crippen molar-refractivity contribution in [2.75, 3.05) is 32.9 Å². The molecule has 2 fully saturated rings. The topological polar surface area (TPSA) is 51.1 Å². The van der Waals surface area contributed by atoms with E-state index in [0.717, 1.165) is 31.5 Å². The molecule has 5 heteroatoms. The summed E-state index contributed by atoms with van der Waals surface area (Å²) in [6, 6.07) is 0. The Kier molecular flexibility index (Phi) is 4.96. The van der Waals surface area contributed by atoms with E-state index in [1.807, 2.05) is 11.8 Å². The van der Waals surface area contributed by atoms with Gasteiger partial charge in [0.15, 0.2) is 0 Å². The number of aliphatic imine (C=N–C) groups is 1. The van der Waals surface area contributed by atoms with E-state index in [1.165, 1.54) is 6.42 Å². The SMILES string of the molecule is C=C(C)/C(=N/C(=O)OCC1CCC1)N1CCOCC1. The number of hydrogen-bond acceptors (Lipinski definition) is 3. The van der Waals surface area contributed by atoms with Gasteiger partial charge in [0.2, 0.25) is 0 Å². The summed E-state index contributed by atoms with van der Waals surface area (Å²) < 4.78 is 10.5. The van der Waals surface area contributed by atoms with E-state index < -0.39 is 6.09 Å². The largest absolute Gasteiger partial charge is 0.448 e. The van der Waals surface area contributed by atoms with Crippen molar-refractivity contribution in [3.05, 3.63) is 12.2 Å². The lowest BCUT2D eigenvalue weighted by molar-refractivity contribution is 0.0677. The van der Waals surface area contributed by atoms with Crippen molar-refractivity contribution in [2.24, 2.45) is 10.9 Å². The molecule has 2 aliphatic rings. The van der Waals surface area contributed by atoms with Gasteiger partial charge in [-0.2, -0.15) is 4.99 Å². The molecular weight excluding hydrogens is 244 g/mol. The fourth-order valence-electron chi connectivity index (χ4n) is 2.18. The molecule has 5 nitrogen and oxygen atoms in total. The normalized spacial score (nSPS) is 20.9. The first-order valence-corrected chi connectivity index (χ1v) is 6.91. The first-order valence-electron chi connectivity index (χ1n) is 6.91. The van der Waals surface area contributed by atoms with Gasteiger partial charge in [-0.05, 0) is 31.3 Å². The summed E-state index contributed by atoms with van der Waals surface area (Å²) in [7, 11) is 0. The van der Waals surface area contributed by atoms with E-state index in [4.69, 9.17) is 9.47 Å². The van der Waals surface area contributed by atoms with Crippen LogP contribution < -0.4 is 0 Å². The van der Waals surface area contributed by atoms with Gasteiger partial charge in [-0.1, -0.05) is 13.0 Å². The summed E-state index contributed by atoms with van der Waals surface area (Å²) in [5, 5.41) is 0. The molecule has 1 saturated heterocycles. The second-order valence-electron chi connectivity index (χ2n) is 5.19. The van der Waals surface area contributed by atoms with Crippen LogP contribution in [0.1, 0.15) is 26.2 Å². The molecule has 0 atom stereocenters. The molecule has 0 unspecified atom stereocenters. The molecule has 0 bridgehead atoms. The first kappa shape index (κ1) is 14.1. The number of morpholine rings is 1. The third-order valence-corrected chi connectivity index (χ3v) is 3.56. The van der Waals surface area contributed by atoms with Crippen molar-refractivity contribution >= 4 is 11.9 Å². The average Bonchev–Trinajstić information content (AvgIpc) is 2.35. The van der Waals surface area contributed by atoms with Crippen molar-refractivity contribution < 1.29 is 14.3 Å². The monoisotopic (exact) mass is 266 g/mol. The van der Waals surface area contributed by atoms with Crippen molar-refractivity contribution in [1.29, 1.82) is 0 Å². The average molecular weight is 266 g/mol. The van der Waals surface area contributed by atoms with Crippen LogP contribution in [0.15, 0.2) is 17.1 Å². The van der Waals surface area contributed by atoms with Gasteiger partial charge in [0.05, 0.1) is 19.8 Å². The molecule has 0 radical (unpaired) electrons. The van der Waals surface area contributed by atoms with Crippen LogP contribution in [0.25, 0.3) is 0 Å². The maximum Gasteiger partial charge on any atom is 0.435 e. The zero-order valence-electron chi connectivity index (χ0n) is 11.6. The second kappa shape index (κ2) is 6.70.